The normalized spacial score (nSPS) is 10.5. The van der Waals surface area contributed by atoms with Crippen molar-refractivity contribution in [3.05, 3.63) is 36.5 Å². The molecule has 0 aromatic carbocycles. The van der Waals surface area contributed by atoms with Gasteiger partial charge in [-0.05, 0) is 19.4 Å². The second kappa shape index (κ2) is 9.89. The summed E-state index contributed by atoms with van der Waals surface area (Å²) in [5.41, 5.74) is 1.53. The van der Waals surface area contributed by atoms with E-state index in [1.54, 1.807) is 13.0 Å². The molecular formula is C11H19N. The molecule has 1 heteroatoms. The van der Waals surface area contributed by atoms with Gasteiger partial charge in [0.05, 0.1) is 0 Å². The summed E-state index contributed by atoms with van der Waals surface area (Å²) in [6.45, 7) is 11.2. The van der Waals surface area contributed by atoms with Crippen molar-refractivity contribution in [2.24, 2.45) is 0 Å². The molecule has 0 bridgehead atoms. The Morgan fingerprint density at radius 3 is 2.08 bits per heavy atom. The molecule has 0 saturated heterocycles. The van der Waals surface area contributed by atoms with Crippen LogP contribution in [0.5, 0.6) is 0 Å². The molecule has 0 atom stereocenters. The highest BCUT2D eigenvalue weighted by Crippen LogP contribution is 1.97. The molecule has 0 rings (SSSR count). The summed E-state index contributed by atoms with van der Waals surface area (Å²) in [4.78, 5) is 0. The van der Waals surface area contributed by atoms with Crippen LogP contribution in [0.3, 0.4) is 0 Å². The fourth-order valence-corrected chi connectivity index (χ4v) is 0.609. The van der Waals surface area contributed by atoms with Crippen LogP contribution in [0.1, 0.15) is 27.7 Å². The summed E-state index contributed by atoms with van der Waals surface area (Å²) in [6, 6.07) is 0. The molecule has 0 saturated carbocycles. The van der Waals surface area contributed by atoms with Gasteiger partial charge in [0.15, 0.2) is 0 Å². The predicted octanol–water partition coefficient (Wildman–Crippen LogP) is 3.74. The molecule has 0 heterocycles. The molecule has 0 aliphatic heterocycles. The first kappa shape index (κ1) is 13.5. The van der Waals surface area contributed by atoms with E-state index in [9.17, 15) is 0 Å². The molecule has 0 amide bonds. The second-order valence-electron chi connectivity index (χ2n) is 1.96. The third kappa shape index (κ3) is 7.00. The van der Waals surface area contributed by atoms with E-state index < -0.39 is 0 Å². The van der Waals surface area contributed by atoms with E-state index in [4.69, 9.17) is 5.41 Å². The summed E-state index contributed by atoms with van der Waals surface area (Å²) in [5, 5.41) is 7.28. The van der Waals surface area contributed by atoms with E-state index in [-0.39, 0.29) is 0 Å². The molecule has 0 spiro atoms. The topological polar surface area (TPSA) is 23.9 Å². The van der Waals surface area contributed by atoms with Crippen molar-refractivity contribution >= 4 is 5.71 Å². The Labute approximate surface area is 76.0 Å². The maximum Gasteiger partial charge on any atom is 0.0351 e. The number of nitrogens with one attached hydrogen (secondary N) is 1. The van der Waals surface area contributed by atoms with Crippen LogP contribution < -0.4 is 0 Å². The molecule has 0 aliphatic carbocycles. The third-order valence-electron chi connectivity index (χ3n) is 1.16. The first-order valence-corrected chi connectivity index (χ1v) is 4.23. The Hall–Kier alpha value is -1.11. The van der Waals surface area contributed by atoms with Crippen LogP contribution in [0.25, 0.3) is 0 Å². The molecule has 12 heavy (non-hydrogen) atoms. The van der Waals surface area contributed by atoms with Crippen LogP contribution in [-0.4, -0.2) is 5.71 Å². The van der Waals surface area contributed by atoms with Crippen LogP contribution >= 0.6 is 0 Å². The van der Waals surface area contributed by atoms with Crippen molar-refractivity contribution in [3.8, 4) is 0 Å². The number of allylic oxidation sites excluding steroid dienone is 5. The molecule has 0 aromatic rings. The van der Waals surface area contributed by atoms with Gasteiger partial charge in [-0.1, -0.05) is 44.7 Å². The number of hydrogen-bond acceptors (Lipinski definition) is 1. The van der Waals surface area contributed by atoms with Gasteiger partial charge in [-0.3, -0.25) is 0 Å². The van der Waals surface area contributed by atoms with Crippen LogP contribution in [0, 0.1) is 5.41 Å². The van der Waals surface area contributed by atoms with Gasteiger partial charge >= 0.3 is 0 Å². The quantitative estimate of drug-likeness (QED) is 0.486. The van der Waals surface area contributed by atoms with Crippen molar-refractivity contribution in [1.82, 2.24) is 0 Å². The predicted molar refractivity (Wildman–Crippen MR) is 57.8 cm³/mol. The Bertz CT molecular complexity index is 185. The van der Waals surface area contributed by atoms with Gasteiger partial charge in [0.1, 0.15) is 0 Å². The van der Waals surface area contributed by atoms with Crippen molar-refractivity contribution in [3.63, 3.8) is 0 Å². The van der Waals surface area contributed by atoms with Gasteiger partial charge < -0.3 is 5.41 Å². The molecule has 1 nitrogen and oxygen atoms in total. The summed E-state index contributed by atoms with van der Waals surface area (Å²) in [6.07, 6.45) is 7.30. The molecule has 68 valence electrons. The van der Waals surface area contributed by atoms with Crippen molar-refractivity contribution in [1.29, 1.82) is 5.41 Å². The van der Waals surface area contributed by atoms with Crippen molar-refractivity contribution in [2.45, 2.75) is 27.7 Å². The fraction of sp³-hybridized carbons (Fsp3) is 0.364. The molecule has 0 fully saturated rings. The minimum Gasteiger partial charge on any atom is -0.305 e. The minimum absolute atomic E-state index is 0.584. The van der Waals surface area contributed by atoms with E-state index in [2.05, 4.69) is 6.58 Å². The zero-order valence-corrected chi connectivity index (χ0v) is 8.52. The third-order valence-corrected chi connectivity index (χ3v) is 1.16. The molecule has 0 aromatic heterocycles. The molecule has 0 radical (unpaired) electrons. The first-order valence-electron chi connectivity index (χ1n) is 4.23. The molecular weight excluding hydrogens is 146 g/mol. The lowest BCUT2D eigenvalue weighted by Gasteiger charge is -1.94. The highest BCUT2D eigenvalue weighted by atomic mass is 14.4. The fourth-order valence-electron chi connectivity index (χ4n) is 0.609. The lowest BCUT2D eigenvalue weighted by atomic mass is 10.1. The van der Waals surface area contributed by atoms with Gasteiger partial charge in [0, 0.05) is 5.71 Å². The van der Waals surface area contributed by atoms with Gasteiger partial charge in [0.2, 0.25) is 0 Å². The van der Waals surface area contributed by atoms with E-state index >= 15 is 0 Å². The Morgan fingerprint density at radius 1 is 1.33 bits per heavy atom. The van der Waals surface area contributed by atoms with Crippen LogP contribution in [0.4, 0.5) is 0 Å². The highest BCUT2D eigenvalue weighted by Gasteiger charge is 1.89. The first-order chi connectivity index (χ1) is 5.72. The van der Waals surface area contributed by atoms with Gasteiger partial charge in [-0.2, -0.15) is 0 Å². The maximum absolute atomic E-state index is 7.28. The number of hydrogen-bond donors (Lipinski definition) is 1. The van der Waals surface area contributed by atoms with E-state index in [0.29, 0.717) is 5.71 Å². The summed E-state index contributed by atoms with van der Waals surface area (Å²) in [7, 11) is 0. The zero-order valence-electron chi connectivity index (χ0n) is 8.52. The Kier molecular flexibility index (Phi) is 11.1. The van der Waals surface area contributed by atoms with Crippen LogP contribution in [0.15, 0.2) is 36.5 Å². The van der Waals surface area contributed by atoms with E-state index in [1.165, 1.54) is 0 Å². The van der Waals surface area contributed by atoms with E-state index in [1.807, 2.05) is 39.0 Å². The lowest BCUT2D eigenvalue weighted by Crippen LogP contribution is -1.89. The largest absolute Gasteiger partial charge is 0.305 e. The van der Waals surface area contributed by atoms with Gasteiger partial charge in [-0.25, -0.2) is 0 Å². The number of rotatable bonds is 3. The SMILES string of the molecule is C=C/C=C\C(=C/C)C(C)=N.CC. The van der Waals surface area contributed by atoms with E-state index in [0.717, 1.165) is 5.57 Å². The lowest BCUT2D eigenvalue weighted by molar-refractivity contribution is 1.45. The van der Waals surface area contributed by atoms with Crippen molar-refractivity contribution in [2.75, 3.05) is 0 Å². The van der Waals surface area contributed by atoms with Gasteiger partial charge in [-0.15, -0.1) is 0 Å². The minimum atomic E-state index is 0.584. The zero-order chi connectivity index (χ0) is 9.98. The van der Waals surface area contributed by atoms with Gasteiger partial charge in [0.25, 0.3) is 0 Å². The van der Waals surface area contributed by atoms with Crippen LogP contribution in [-0.2, 0) is 0 Å². The second-order valence-corrected chi connectivity index (χ2v) is 1.96. The average Bonchev–Trinajstić information content (AvgIpc) is 2.09. The summed E-state index contributed by atoms with van der Waals surface area (Å²) >= 11 is 0. The van der Waals surface area contributed by atoms with Crippen molar-refractivity contribution < 1.29 is 0 Å². The molecule has 0 aliphatic rings. The monoisotopic (exact) mass is 165 g/mol. The Balaban J connectivity index is 0. The maximum atomic E-state index is 7.28. The summed E-state index contributed by atoms with van der Waals surface area (Å²) < 4.78 is 0. The standard InChI is InChI=1S/C9H13N.C2H6/c1-4-6-7-9(5-2)8(3)10;1-2/h4-7,10H,1H2,2-3H3;1-2H3/b7-6-,9-5+,10-8?;. The highest BCUT2D eigenvalue weighted by molar-refractivity contribution is 5.98. The summed E-state index contributed by atoms with van der Waals surface area (Å²) in [5.74, 6) is 0. The average molecular weight is 165 g/mol. The van der Waals surface area contributed by atoms with Crippen LogP contribution in [0.2, 0.25) is 0 Å². The smallest absolute Gasteiger partial charge is 0.0351 e. The Morgan fingerprint density at radius 2 is 1.83 bits per heavy atom. The molecule has 0 unspecified atom stereocenters. The molecule has 1 N–H and O–H groups in total.